The van der Waals surface area contributed by atoms with Crippen molar-refractivity contribution in [2.24, 2.45) is 0 Å². The molecule has 0 fully saturated rings. The van der Waals surface area contributed by atoms with Crippen LogP contribution in [0.1, 0.15) is 431 Å². The highest BCUT2D eigenvalue weighted by atomic mass is 16.5. The lowest BCUT2D eigenvalue weighted by Gasteiger charge is -2.20. The van der Waals surface area contributed by atoms with Gasteiger partial charge in [0.05, 0.1) is 25.4 Å². The fourth-order valence-corrected chi connectivity index (χ4v) is 12.3. The summed E-state index contributed by atoms with van der Waals surface area (Å²) in [5, 5.41) is 23.3. The molecule has 1 amide bonds. The van der Waals surface area contributed by atoms with Crippen LogP contribution in [0.5, 0.6) is 0 Å². The molecule has 0 rings (SSSR count). The summed E-state index contributed by atoms with van der Waals surface area (Å²) >= 11 is 0. The van der Waals surface area contributed by atoms with Crippen LogP contribution in [0.2, 0.25) is 0 Å². The van der Waals surface area contributed by atoms with Crippen molar-refractivity contribution < 1.29 is 24.5 Å². The third-order valence-corrected chi connectivity index (χ3v) is 18.1. The van der Waals surface area contributed by atoms with Crippen LogP contribution in [0.15, 0.2) is 36.5 Å². The normalized spacial score (nSPS) is 12.7. The Morgan fingerprint density at radius 1 is 0.329 bits per heavy atom. The second kappa shape index (κ2) is 74.5. The predicted octanol–water partition coefficient (Wildman–Crippen LogP) is 25.4. The minimum absolute atomic E-state index is 0.00555. The molecule has 0 aliphatic heterocycles. The van der Waals surface area contributed by atoms with Gasteiger partial charge in [0.15, 0.2) is 0 Å². The maximum atomic E-state index is 12.6. The SMILES string of the molecule is CCC/C=C\C/C=C\CCCCCCCC(=O)OCCCCCCCCCCCCCCCCCCCCCCCCCCCCCCCCCC(=O)NC(CO)C(O)/C=C/CCCCCCCCCCCCCCCCCCCCCCCC. The number of carbonyl (C=O) groups excluding carboxylic acids is 2. The first-order chi connectivity index (χ1) is 42.0. The number of amides is 1. The standard InChI is InChI=1S/C79H151NO5/c1-3-5-7-9-11-13-15-17-18-19-20-21-22-32-35-38-41-44-48-51-55-59-63-67-71-77(82)76(75-81)80-78(83)72-68-64-60-56-52-49-45-42-39-36-33-30-28-26-24-23-25-27-29-31-34-37-40-43-46-50-54-58-62-66-70-74-85-79(84)73-69-65-61-57-53-47-16-14-12-10-8-6-4-2/h8,10,14,16,67,71,76-77,81-82H,3-7,9,11-13,15,17-66,68-70,72-75H2,1-2H3,(H,80,83)/b10-8-,16-14-,71-67+. The Kier molecular flexibility index (Phi) is 72.9. The number of aliphatic hydroxyl groups is 2. The Bertz CT molecular complexity index is 1380. The Morgan fingerprint density at radius 3 is 0.941 bits per heavy atom. The van der Waals surface area contributed by atoms with Crippen molar-refractivity contribution in [1.82, 2.24) is 5.32 Å². The van der Waals surface area contributed by atoms with Crippen molar-refractivity contribution >= 4 is 11.9 Å². The number of allylic oxidation sites excluding steroid dienone is 5. The number of carbonyl (C=O) groups is 2. The zero-order chi connectivity index (χ0) is 61.3. The van der Waals surface area contributed by atoms with Gasteiger partial charge in [-0.1, -0.05) is 397 Å². The quantitative estimate of drug-likeness (QED) is 0.0320. The first kappa shape index (κ1) is 83.1. The molecule has 0 aliphatic carbocycles. The van der Waals surface area contributed by atoms with Gasteiger partial charge in [-0.25, -0.2) is 0 Å². The summed E-state index contributed by atoms with van der Waals surface area (Å²) in [6.45, 7) is 4.88. The van der Waals surface area contributed by atoms with Crippen LogP contribution in [-0.2, 0) is 14.3 Å². The Hall–Kier alpha value is -1.92. The lowest BCUT2D eigenvalue weighted by molar-refractivity contribution is -0.143. The third-order valence-electron chi connectivity index (χ3n) is 18.1. The maximum absolute atomic E-state index is 12.6. The van der Waals surface area contributed by atoms with Gasteiger partial charge in [-0.3, -0.25) is 9.59 Å². The van der Waals surface area contributed by atoms with Crippen LogP contribution >= 0.6 is 0 Å². The smallest absolute Gasteiger partial charge is 0.305 e. The second-order valence-corrected chi connectivity index (χ2v) is 26.7. The van der Waals surface area contributed by atoms with Crippen LogP contribution in [0, 0.1) is 0 Å². The van der Waals surface area contributed by atoms with E-state index in [2.05, 4.69) is 43.5 Å². The maximum Gasteiger partial charge on any atom is 0.305 e. The van der Waals surface area contributed by atoms with E-state index >= 15 is 0 Å². The zero-order valence-corrected chi connectivity index (χ0v) is 57.6. The lowest BCUT2D eigenvalue weighted by atomic mass is 10.0. The van der Waals surface area contributed by atoms with E-state index in [1.165, 1.54) is 353 Å². The molecule has 3 N–H and O–H groups in total. The van der Waals surface area contributed by atoms with E-state index in [4.69, 9.17) is 4.74 Å². The molecule has 0 saturated carbocycles. The summed E-state index contributed by atoms with van der Waals surface area (Å²) in [5.41, 5.74) is 0. The highest BCUT2D eigenvalue weighted by molar-refractivity contribution is 5.76. The third kappa shape index (κ3) is 71.0. The molecule has 0 aromatic rings. The summed E-state index contributed by atoms with van der Waals surface area (Å²) in [4.78, 5) is 24.6. The van der Waals surface area contributed by atoms with E-state index in [-0.39, 0.29) is 18.5 Å². The fourth-order valence-electron chi connectivity index (χ4n) is 12.3. The number of hydrogen-bond donors (Lipinski definition) is 3. The Morgan fingerprint density at radius 2 is 0.612 bits per heavy atom. The minimum atomic E-state index is -0.843. The lowest BCUT2D eigenvalue weighted by Crippen LogP contribution is -2.45. The summed E-state index contributed by atoms with van der Waals surface area (Å²) in [7, 11) is 0. The number of nitrogens with one attached hydrogen (secondary N) is 1. The van der Waals surface area contributed by atoms with Crippen LogP contribution in [0.25, 0.3) is 0 Å². The molecule has 0 radical (unpaired) electrons. The van der Waals surface area contributed by atoms with E-state index in [9.17, 15) is 19.8 Å². The van der Waals surface area contributed by atoms with Crippen molar-refractivity contribution in [3.8, 4) is 0 Å². The summed E-state index contributed by atoms with van der Waals surface area (Å²) < 4.78 is 5.48. The van der Waals surface area contributed by atoms with Gasteiger partial charge >= 0.3 is 5.97 Å². The van der Waals surface area contributed by atoms with Gasteiger partial charge in [0.25, 0.3) is 0 Å². The van der Waals surface area contributed by atoms with Crippen LogP contribution in [-0.4, -0.2) is 47.4 Å². The highest BCUT2D eigenvalue weighted by Gasteiger charge is 2.18. The van der Waals surface area contributed by atoms with Crippen LogP contribution in [0.3, 0.4) is 0 Å². The number of esters is 1. The van der Waals surface area contributed by atoms with Gasteiger partial charge < -0.3 is 20.3 Å². The monoisotopic (exact) mass is 1190 g/mol. The number of hydrogen-bond acceptors (Lipinski definition) is 5. The van der Waals surface area contributed by atoms with E-state index in [0.29, 0.717) is 19.4 Å². The van der Waals surface area contributed by atoms with Crippen LogP contribution in [0.4, 0.5) is 0 Å². The zero-order valence-electron chi connectivity index (χ0n) is 57.6. The van der Waals surface area contributed by atoms with Gasteiger partial charge in [0.1, 0.15) is 0 Å². The van der Waals surface area contributed by atoms with Crippen molar-refractivity contribution in [2.75, 3.05) is 13.2 Å². The van der Waals surface area contributed by atoms with Crippen molar-refractivity contribution in [3.63, 3.8) is 0 Å². The Labute approximate surface area is 532 Å². The molecular weight excluding hydrogens is 1040 g/mol. The molecule has 0 bridgehead atoms. The van der Waals surface area contributed by atoms with Crippen molar-refractivity contribution in [3.05, 3.63) is 36.5 Å². The molecule has 6 heteroatoms. The molecule has 6 nitrogen and oxygen atoms in total. The van der Waals surface area contributed by atoms with E-state index in [1.54, 1.807) is 6.08 Å². The molecule has 502 valence electrons. The number of aliphatic hydroxyl groups excluding tert-OH is 2. The van der Waals surface area contributed by atoms with Crippen molar-refractivity contribution in [2.45, 2.75) is 443 Å². The van der Waals surface area contributed by atoms with E-state index in [1.807, 2.05) is 6.08 Å². The molecule has 85 heavy (non-hydrogen) atoms. The fraction of sp³-hybridized carbons (Fsp3) is 0.899. The summed E-state index contributed by atoms with van der Waals surface area (Å²) in [5.74, 6) is -0.0534. The van der Waals surface area contributed by atoms with E-state index < -0.39 is 12.1 Å². The van der Waals surface area contributed by atoms with Gasteiger partial charge in [-0.05, 0) is 57.8 Å². The molecule has 2 unspecified atom stereocenters. The molecule has 0 spiro atoms. The minimum Gasteiger partial charge on any atom is -0.466 e. The first-order valence-electron chi connectivity index (χ1n) is 38.8. The van der Waals surface area contributed by atoms with Crippen LogP contribution < -0.4 is 5.32 Å². The summed E-state index contributed by atoms with van der Waals surface area (Å²) in [6, 6.07) is -0.626. The molecule has 0 saturated heterocycles. The predicted molar refractivity (Wildman–Crippen MR) is 375 cm³/mol. The average Bonchev–Trinajstić information content (AvgIpc) is 3.51. The number of unbranched alkanes of at least 4 members (excludes halogenated alkanes) is 58. The number of ether oxygens (including phenoxy) is 1. The highest BCUT2D eigenvalue weighted by Crippen LogP contribution is 2.20. The van der Waals surface area contributed by atoms with E-state index in [0.717, 1.165) is 51.4 Å². The molecule has 0 aromatic carbocycles. The second-order valence-electron chi connectivity index (χ2n) is 26.7. The van der Waals surface area contributed by atoms with Gasteiger partial charge in [-0.2, -0.15) is 0 Å². The van der Waals surface area contributed by atoms with Gasteiger partial charge in [-0.15, -0.1) is 0 Å². The summed E-state index contributed by atoms with van der Waals surface area (Å²) in [6.07, 6.45) is 96.9. The average molecular weight is 1200 g/mol. The molecule has 0 heterocycles. The Balaban J connectivity index is 3.36. The molecular formula is C79H151NO5. The molecule has 0 aromatic heterocycles. The van der Waals surface area contributed by atoms with Crippen molar-refractivity contribution in [1.29, 1.82) is 0 Å². The first-order valence-corrected chi connectivity index (χ1v) is 38.8. The number of rotatable bonds is 73. The molecule has 0 aliphatic rings. The van der Waals surface area contributed by atoms with Gasteiger partial charge in [0.2, 0.25) is 5.91 Å². The topological polar surface area (TPSA) is 95.9 Å². The molecule has 2 atom stereocenters. The van der Waals surface area contributed by atoms with Gasteiger partial charge in [0, 0.05) is 12.8 Å². The largest absolute Gasteiger partial charge is 0.466 e.